The molecule has 242 valence electrons. The fourth-order valence-electron chi connectivity index (χ4n) is 6.74. The van der Waals surface area contributed by atoms with Gasteiger partial charge in [0.15, 0.2) is 17.5 Å². The Hall–Kier alpha value is -5.30. The summed E-state index contributed by atoms with van der Waals surface area (Å²) in [4.78, 5) is 41.3. The molecule has 2 aliphatic heterocycles. The molecule has 0 radical (unpaired) electrons. The summed E-state index contributed by atoms with van der Waals surface area (Å²) in [5.41, 5.74) is 4.31. The number of rotatable bonds is 8. The molecule has 1 amide bonds. The van der Waals surface area contributed by atoms with E-state index in [1.165, 1.54) is 29.5 Å². The number of aromatic nitrogens is 4. The summed E-state index contributed by atoms with van der Waals surface area (Å²) in [6.45, 7) is 2.45. The number of carbonyl (C=O) groups is 1. The Labute approximate surface area is 275 Å². The Morgan fingerprint density at radius 1 is 1.02 bits per heavy atom. The number of hydrogen-bond donors (Lipinski definition) is 2. The van der Waals surface area contributed by atoms with E-state index in [1.54, 1.807) is 18.3 Å². The summed E-state index contributed by atoms with van der Waals surface area (Å²) in [6, 6.07) is 13.3. The lowest BCUT2D eigenvalue weighted by Crippen LogP contribution is -2.22. The fraction of sp³-hybridized carbons (Fsp3) is 0.229. The van der Waals surface area contributed by atoms with Crippen molar-refractivity contribution >= 4 is 33.1 Å². The standard InChI is InChI=1S/C35H27F3N6O3S/c1-17(19-7-10-22(37)23(38)15-19)40-33-31-20(12-13-39-33)16-26(48-31)28-27(32-42-35(46)47-43-32)24(11-6-18-4-8-21(36)9-5-18)41-30-25-3-2-14-44(25)34(45)29(28)30/h4-5,7-10,12-13,15-17,25H,2-3,6,11,14H2,1H3,(H,39,40)(H,42,43,46). The number of halogens is 3. The van der Waals surface area contributed by atoms with Gasteiger partial charge in [0, 0.05) is 23.2 Å². The smallest absolute Gasteiger partial charge is 0.362 e. The molecule has 9 nitrogen and oxygen atoms in total. The van der Waals surface area contributed by atoms with Gasteiger partial charge in [0.2, 0.25) is 0 Å². The Balaban J connectivity index is 1.29. The molecule has 6 heterocycles. The monoisotopic (exact) mass is 668 g/mol. The number of aromatic amines is 1. The topological polar surface area (TPSA) is 117 Å². The number of pyridine rings is 2. The molecule has 13 heteroatoms. The lowest BCUT2D eigenvalue weighted by Gasteiger charge is -2.16. The zero-order valence-electron chi connectivity index (χ0n) is 25.5. The molecule has 48 heavy (non-hydrogen) atoms. The van der Waals surface area contributed by atoms with Crippen LogP contribution < -0.4 is 11.1 Å². The van der Waals surface area contributed by atoms with Crippen LogP contribution >= 0.6 is 11.3 Å². The molecule has 2 atom stereocenters. The van der Waals surface area contributed by atoms with E-state index in [-0.39, 0.29) is 23.6 Å². The molecule has 1 saturated heterocycles. The Kier molecular flexibility index (Phi) is 7.35. The maximum atomic E-state index is 14.1. The lowest BCUT2D eigenvalue weighted by molar-refractivity contribution is 0.0776. The van der Waals surface area contributed by atoms with Crippen LogP contribution in [0.15, 0.2) is 70.1 Å². The van der Waals surface area contributed by atoms with Crippen LogP contribution in [-0.2, 0) is 12.8 Å². The minimum atomic E-state index is -0.934. The van der Waals surface area contributed by atoms with Crippen LogP contribution in [0.25, 0.3) is 31.9 Å². The summed E-state index contributed by atoms with van der Waals surface area (Å²) < 4.78 is 47.0. The molecule has 4 aromatic heterocycles. The highest BCUT2D eigenvalue weighted by atomic mass is 32.1. The van der Waals surface area contributed by atoms with E-state index >= 15 is 0 Å². The van der Waals surface area contributed by atoms with Gasteiger partial charge in [-0.15, -0.1) is 11.3 Å². The molecule has 0 spiro atoms. The van der Waals surface area contributed by atoms with Gasteiger partial charge in [0.25, 0.3) is 5.91 Å². The summed E-state index contributed by atoms with van der Waals surface area (Å²) in [6.07, 6.45) is 4.25. The molecule has 2 N–H and O–H groups in total. The van der Waals surface area contributed by atoms with Gasteiger partial charge in [-0.25, -0.2) is 22.9 Å². The molecular weight excluding hydrogens is 641 g/mol. The number of anilines is 1. The van der Waals surface area contributed by atoms with Gasteiger partial charge in [-0.1, -0.05) is 23.4 Å². The SMILES string of the molecule is CC(Nc1nccc2cc(-c3c4c(nc(CCc5ccc(F)cc5)c3-c3noc(=O)[nH]3)C3CCCN3C4=O)sc12)c1ccc(F)c(F)c1. The van der Waals surface area contributed by atoms with Gasteiger partial charge in [0.05, 0.1) is 39.3 Å². The summed E-state index contributed by atoms with van der Waals surface area (Å²) >= 11 is 1.41. The first kappa shape index (κ1) is 30.1. The number of thiophene rings is 1. The van der Waals surface area contributed by atoms with E-state index in [0.29, 0.717) is 58.8 Å². The fourth-order valence-corrected chi connectivity index (χ4v) is 7.91. The third kappa shape index (κ3) is 5.14. The van der Waals surface area contributed by atoms with Crippen LogP contribution in [0.2, 0.25) is 0 Å². The van der Waals surface area contributed by atoms with Crippen molar-refractivity contribution in [3.8, 4) is 21.8 Å². The minimum absolute atomic E-state index is 0.131. The van der Waals surface area contributed by atoms with E-state index in [4.69, 9.17) is 9.51 Å². The van der Waals surface area contributed by atoms with E-state index in [2.05, 4.69) is 20.4 Å². The summed E-state index contributed by atoms with van der Waals surface area (Å²) in [5.74, 6) is -2.37. The second-order valence-electron chi connectivity index (χ2n) is 12.0. The van der Waals surface area contributed by atoms with Crippen molar-refractivity contribution in [1.82, 2.24) is 25.0 Å². The number of nitrogens with one attached hydrogen (secondary N) is 2. The third-order valence-electron chi connectivity index (χ3n) is 9.06. The van der Waals surface area contributed by atoms with Crippen molar-refractivity contribution in [2.24, 2.45) is 0 Å². The number of fused-ring (bicyclic) bond motifs is 4. The average Bonchev–Trinajstić information content (AvgIpc) is 3.88. The zero-order chi connectivity index (χ0) is 33.1. The Bertz CT molecular complexity index is 2280. The average molecular weight is 669 g/mol. The number of benzene rings is 2. The number of carbonyl (C=O) groups excluding carboxylic acids is 1. The first-order chi connectivity index (χ1) is 23.2. The van der Waals surface area contributed by atoms with Crippen molar-refractivity contribution in [2.45, 2.75) is 44.7 Å². The highest BCUT2D eigenvalue weighted by molar-refractivity contribution is 7.23. The Morgan fingerprint density at radius 3 is 2.62 bits per heavy atom. The van der Waals surface area contributed by atoms with Gasteiger partial charge < -0.3 is 10.2 Å². The van der Waals surface area contributed by atoms with Gasteiger partial charge in [0.1, 0.15) is 11.6 Å². The first-order valence-electron chi connectivity index (χ1n) is 15.5. The van der Waals surface area contributed by atoms with E-state index in [9.17, 15) is 22.8 Å². The van der Waals surface area contributed by atoms with Gasteiger partial charge in [-0.3, -0.25) is 19.3 Å². The third-order valence-corrected chi connectivity index (χ3v) is 10.2. The summed E-state index contributed by atoms with van der Waals surface area (Å²) in [5, 5.41) is 8.22. The highest BCUT2D eigenvalue weighted by Crippen LogP contribution is 2.50. The second kappa shape index (κ2) is 11.7. The second-order valence-corrected chi connectivity index (χ2v) is 13.1. The van der Waals surface area contributed by atoms with E-state index in [1.807, 2.05) is 24.0 Å². The predicted octanol–water partition coefficient (Wildman–Crippen LogP) is 7.37. The van der Waals surface area contributed by atoms with Crippen LogP contribution in [0.1, 0.15) is 64.7 Å². The zero-order valence-corrected chi connectivity index (χ0v) is 26.3. The lowest BCUT2D eigenvalue weighted by atomic mass is 9.92. The van der Waals surface area contributed by atoms with E-state index < -0.39 is 23.4 Å². The first-order valence-corrected chi connectivity index (χ1v) is 16.4. The van der Waals surface area contributed by atoms with Crippen molar-refractivity contribution in [3.63, 3.8) is 0 Å². The van der Waals surface area contributed by atoms with Crippen LogP contribution in [0.5, 0.6) is 0 Å². The quantitative estimate of drug-likeness (QED) is 0.174. The molecule has 2 aliphatic rings. The van der Waals surface area contributed by atoms with Crippen molar-refractivity contribution in [1.29, 1.82) is 0 Å². The molecule has 2 aromatic carbocycles. The predicted molar refractivity (Wildman–Crippen MR) is 174 cm³/mol. The molecular formula is C35H27F3N6O3S. The molecule has 0 aliphatic carbocycles. The van der Waals surface area contributed by atoms with Crippen LogP contribution in [0.4, 0.5) is 19.0 Å². The molecule has 1 fully saturated rings. The van der Waals surface area contributed by atoms with Crippen molar-refractivity contribution in [2.75, 3.05) is 11.9 Å². The normalized spacial score (nSPS) is 16.0. The van der Waals surface area contributed by atoms with Crippen LogP contribution in [0, 0.1) is 17.5 Å². The van der Waals surface area contributed by atoms with E-state index in [0.717, 1.165) is 45.5 Å². The Morgan fingerprint density at radius 2 is 1.85 bits per heavy atom. The van der Waals surface area contributed by atoms with Crippen molar-refractivity contribution < 1.29 is 22.5 Å². The van der Waals surface area contributed by atoms with Crippen molar-refractivity contribution in [3.05, 3.63) is 117 Å². The minimum Gasteiger partial charge on any atom is -0.362 e. The van der Waals surface area contributed by atoms with Gasteiger partial charge in [-0.2, -0.15) is 0 Å². The van der Waals surface area contributed by atoms with Crippen LogP contribution in [0.3, 0.4) is 0 Å². The largest absolute Gasteiger partial charge is 0.439 e. The molecule has 0 saturated carbocycles. The molecule has 2 unspecified atom stereocenters. The summed E-state index contributed by atoms with van der Waals surface area (Å²) in [7, 11) is 0. The number of hydrogen-bond acceptors (Lipinski definition) is 8. The van der Waals surface area contributed by atoms with Crippen LogP contribution in [-0.4, -0.2) is 37.5 Å². The highest BCUT2D eigenvalue weighted by Gasteiger charge is 2.44. The number of H-pyrrole nitrogens is 1. The number of nitrogens with zero attached hydrogens (tertiary/aromatic N) is 4. The maximum absolute atomic E-state index is 14.1. The van der Waals surface area contributed by atoms with Gasteiger partial charge >= 0.3 is 5.76 Å². The molecule has 8 rings (SSSR count). The number of amides is 1. The maximum Gasteiger partial charge on any atom is 0.439 e. The van der Waals surface area contributed by atoms with Gasteiger partial charge in [-0.05, 0) is 85.5 Å². The molecule has 6 aromatic rings. The number of aryl methyl sites for hydroxylation is 2. The molecule has 0 bridgehead atoms.